The molecule has 5 aromatic rings. The highest BCUT2D eigenvalue weighted by atomic mass is 32.1. The highest BCUT2D eigenvalue weighted by Crippen LogP contribution is 2.46. The minimum Gasteiger partial charge on any atom is -0.481 e. The number of nitrogens with one attached hydrogen (secondary N) is 1. The number of carboxylic acid groups (broad SMARTS) is 1. The van der Waals surface area contributed by atoms with Crippen LogP contribution in [0.5, 0.6) is 0 Å². The predicted octanol–water partition coefficient (Wildman–Crippen LogP) is 4.38. The van der Waals surface area contributed by atoms with Gasteiger partial charge in [-0.3, -0.25) is 14.3 Å². The molecule has 40 heavy (non-hydrogen) atoms. The van der Waals surface area contributed by atoms with Gasteiger partial charge in [0.15, 0.2) is 5.82 Å². The lowest BCUT2D eigenvalue weighted by molar-refractivity contribution is -0.137. The van der Waals surface area contributed by atoms with Crippen molar-refractivity contribution in [3.63, 3.8) is 0 Å². The minimum atomic E-state index is -1.21. The Hall–Kier alpha value is -4.71. The second kappa shape index (κ2) is 9.79. The van der Waals surface area contributed by atoms with Gasteiger partial charge in [0.05, 0.1) is 23.3 Å². The molecule has 3 aromatic heterocycles. The first-order valence-electron chi connectivity index (χ1n) is 12.6. The zero-order chi connectivity index (χ0) is 28.0. The summed E-state index contributed by atoms with van der Waals surface area (Å²) in [6.07, 6.45) is 0.979. The number of fused-ring (bicyclic) bond motifs is 2. The van der Waals surface area contributed by atoms with E-state index in [2.05, 4.69) is 20.3 Å². The number of amides is 1. The molecule has 6 rings (SSSR count). The van der Waals surface area contributed by atoms with Gasteiger partial charge < -0.3 is 16.2 Å². The number of rotatable bonds is 8. The lowest BCUT2D eigenvalue weighted by atomic mass is 9.85. The monoisotopic (exact) mass is 557 g/mol. The molecule has 4 N–H and O–H groups in total. The quantitative estimate of drug-likeness (QED) is 0.254. The number of aromatic nitrogens is 5. The molecule has 0 saturated carbocycles. The van der Waals surface area contributed by atoms with E-state index in [1.165, 1.54) is 17.4 Å². The average molecular weight is 558 g/mol. The molecule has 1 amide bonds. The van der Waals surface area contributed by atoms with Gasteiger partial charge in [-0.1, -0.05) is 36.4 Å². The maximum Gasteiger partial charge on any atom is 0.303 e. The van der Waals surface area contributed by atoms with E-state index in [4.69, 9.17) is 15.9 Å². The van der Waals surface area contributed by atoms with Gasteiger partial charge >= 0.3 is 5.97 Å². The number of aliphatic carboxylic acids is 1. The second-order valence-corrected chi connectivity index (χ2v) is 10.6. The molecule has 0 bridgehead atoms. The van der Waals surface area contributed by atoms with E-state index < -0.39 is 11.4 Å². The molecule has 1 aliphatic heterocycles. The van der Waals surface area contributed by atoms with Crippen molar-refractivity contribution in [1.29, 1.82) is 0 Å². The number of benzene rings is 2. The van der Waals surface area contributed by atoms with Crippen LogP contribution in [0.2, 0.25) is 0 Å². The fourth-order valence-electron chi connectivity index (χ4n) is 4.99. The normalized spacial score (nSPS) is 16.3. The Labute approximate surface area is 231 Å². The van der Waals surface area contributed by atoms with Crippen molar-refractivity contribution in [2.75, 3.05) is 11.1 Å². The molecule has 1 aliphatic rings. The first-order chi connectivity index (χ1) is 19.3. The number of aryl methyl sites for hydroxylation is 1. The molecule has 4 heterocycles. The van der Waals surface area contributed by atoms with Gasteiger partial charge in [0, 0.05) is 22.8 Å². The third kappa shape index (κ3) is 4.26. The van der Waals surface area contributed by atoms with Crippen molar-refractivity contribution in [2.45, 2.75) is 38.1 Å². The highest BCUT2D eigenvalue weighted by molar-refractivity contribution is 7.10. The van der Waals surface area contributed by atoms with Crippen LogP contribution in [-0.2, 0) is 28.0 Å². The summed E-state index contributed by atoms with van der Waals surface area (Å²) in [6, 6.07) is 14.0. The van der Waals surface area contributed by atoms with E-state index in [1.54, 1.807) is 29.8 Å². The zero-order valence-corrected chi connectivity index (χ0v) is 22.2. The van der Waals surface area contributed by atoms with E-state index in [-0.39, 0.29) is 42.2 Å². The van der Waals surface area contributed by atoms with E-state index in [0.717, 1.165) is 10.9 Å². The van der Waals surface area contributed by atoms with E-state index in [9.17, 15) is 14.0 Å². The maximum atomic E-state index is 14.4. The number of para-hydroxylation sites is 1. The number of anilines is 2. The Balaban J connectivity index is 1.38. The third-order valence-electron chi connectivity index (χ3n) is 7.07. The Morgan fingerprint density at radius 1 is 1.15 bits per heavy atom. The number of nitrogens with two attached hydrogens (primary N) is 1. The summed E-state index contributed by atoms with van der Waals surface area (Å²) in [5.41, 5.74) is 8.15. The third-order valence-corrected chi connectivity index (χ3v) is 8.19. The highest BCUT2D eigenvalue weighted by Gasteiger charge is 2.49. The van der Waals surface area contributed by atoms with E-state index in [1.807, 2.05) is 29.6 Å². The number of hydrogen-bond acceptors (Lipinski definition) is 8. The van der Waals surface area contributed by atoms with Crippen molar-refractivity contribution in [3.05, 3.63) is 81.6 Å². The van der Waals surface area contributed by atoms with Crippen LogP contribution in [0.1, 0.15) is 41.6 Å². The summed E-state index contributed by atoms with van der Waals surface area (Å²) in [7, 11) is 0. The molecule has 10 nitrogen and oxygen atoms in total. The topological polar surface area (TPSA) is 149 Å². The standard InChI is InChI=1S/C28H24FN7O3S/c1-28(27-31-16(14-40-27)8-6-12-20(37)38)21-23(30)32-25(33-24(21)34-26(28)39)22-17-9-3-5-11-19(17)36(35-22)13-15-7-2-4-10-18(15)29/h2-5,7,9-11,14H,6,8,12-13H2,1H3,(H,37,38)(H3,30,32,33,34,39)/t28-/m1/s1. The van der Waals surface area contributed by atoms with Gasteiger partial charge in [-0.15, -0.1) is 11.3 Å². The Morgan fingerprint density at radius 3 is 2.73 bits per heavy atom. The number of halogens is 1. The molecule has 12 heteroatoms. The predicted molar refractivity (Wildman–Crippen MR) is 148 cm³/mol. The first-order valence-corrected chi connectivity index (χ1v) is 13.5. The molecule has 0 fully saturated rings. The number of carbonyl (C=O) groups is 2. The minimum absolute atomic E-state index is 0.0434. The largest absolute Gasteiger partial charge is 0.481 e. The summed E-state index contributed by atoms with van der Waals surface area (Å²) in [6.45, 7) is 1.94. The van der Waals surface area contributed by atoms with Crippen LogP contribution in [-0.4, -0.2) is 41.7 Å². The number of nitrogens with zero attached hydrogens (tertiary/aromatic N) is 5. The number of nitrogen functional groups attached to an aromatic ring is 1. The van der Waals surface area contributed by atoms with Crippen molar-refractivity contribution in [2.24, 2.45) is 0 Å². The molecule has 0 saturated heterocycles. The van der Waals surface area contributed by atoms with Crippen molar-refractivity contribution in [1.82, 2.24) is 24.7 Å². The maximum absolute atomic E-state index is 14.4. The van der Waals surface area contributed by atoms with Gasteiger partial charge in [-0.2, -0.15) is 5.10 Å². The van der Waals surface area contributed by atoms with Gasteiger partial charge in [0.25, 0.3) is 0 Å². The SMILES string of the molecule is C[C@]1(c2nc(CCCC(=O)O)cs2)C(=O)Nc2nc(-c3nn(Cc4ccccc4F)c4ccccc34)nc(N)c21. The van der Waals surface area contributed by atoms with Crippen LogP contribution in [0.3, 0.4) is 0 Å². The van der Waals surface area contributed by atoms with Gasteiger partial charge in [0.2, 0.25) is 5.91 Å². The van der Waals surface area contributed by atoms with Crippen LogP contribution >= 0.6 is 11.3 Å². The molecule has 0 aliphatic carbocycles. The van der Waals surface area contributed by atoms with E-state index in [0.29, 0.717) is 40.4 Å². The number of thiazole rings is 1. The molecular formula is C28H24FN7O3S. The summed E-state index contributed by atoms with van der Waals surface area (Å²) >= 11 is 1.31. The first kappa shape index (κ1) is 25.6. The molecule has 0 unspecified atom stereocenters. The van der Waals surface area contributed by atoms with Crippen LogP contribution in [0.15, 0.2) is 53.9 Å². The summed E-state index contributed by atoms with van der Waals surface area (Å²) in [4.78, 5) is 38.0. The smallest absolute Gasteiger partial charge is 0.303 e. The van der Waals surface area contributed by atoms with Crippen molar-refractivity contribution >= 4 is 45.8 Å². The summed E-state index contributed by atoms with van der Waals surface area (Å²) in [5, 5.41) is 19.6. The van der Waals surface area contributed by atoms with Crippen LogP contribution in [0, 0.1) is 5.82 Å². The Bertz CT molecular complexity index is 1800. The number of carboxylic acids is 1. The van der Waals surface area contributed by atoms with Crippen molar-refractivity contribution < 1.29 is 19.1 Å². The van der Waals surface area contributed by atoms with Gasteiger partial charge in [-0.25, -0.2) is 19.3 Å². The number of carbonyl (C=O) groups excluding carboxylic acids is 1. The lowest BCUT2D eigenvalue weighted by Crippen LogP contribution is -2.33. The van der Waals surface area contributed by atoms with E-state index >= 15 is 0 Å². The fourth-order valence-corrected chi connectivity index (χ4v) is 6.01. The molecule has 1 atom stereocenters. The molecule has 2 aromatic carbocycles. The number of hydrogen-bond donors (Lipinski definition) is 3. The Morgan fingerprint density at radius 2 is 1.93 bits per heavy atom. The Kier molecular flexibility index (Phi) is 6.26. The molecule has 0 spiro atoms. The molecule has 202 valence electrons. The van der Waals surface area contributed by atoms with Crippen LogP contribution < -0.4 is 11.1 Å². The molecule has 0 radical (unpaired) electrons. The second-order valence-electron chi connectivity index (χ2n) is 9.74. The van der Waals surface area contributed by atoms with Crippen LogP contribution in [0.25, 0.3) is 22.4 Å². The van der Waals surface area contributed by atoms with Crippen LogP contribution in [0.4, 0.5) is 16.0 Å². The molecular weight excluding hydrogens is 533 g/mol. The fraction of sp³-hybridized carbons (Fsp3) is 0.214. The van der Waals surface area contributed by atoms with Crippen molar-refractivity contribution in [3.8, 4) is 11.5 Å². The average Bonchev–Trinajstić information content (AvgIpc) is 3.61. The van der Waals surface area contributed by atoms with Gasteiger partial charge in [0.1, 0.15) is 33.6 Å². The van der Waals surface area contributed by atoms with Gasteiger partial charge in [-0.05, 0) is 31.9 Å². The summed E-state index contributed by atoms with van der Waals surface area (Å²) in [5.74, 6) is -0.880. The zero-order valence-electron chi connectivity index (χ0n) is 21.4. The summed E-state index contributed by atoms with van der Waals surface area (Å²) < 4.78 is 16.1. The lowest BCUT2D eigenvalue weighted by Gasteiger charge is -2.20.